The van der Waals surface area contributed by atoms with Crippen molar-refractivity contribution < 1.29 is 14.3 Å². The molecule has 7 heteroatoms. The van der Waals surface area contributed by atoms with Crippen LogP contribution in [0.3, 0.4) is 0 Å². The van der Waals surface area contributed by atoms with Gasteiger partial charge in [0.05, 0.1) is 16.5 Å². The number of aryl methyl sites for hydroxylation is 1. The number of carbonyl (C=O) groups is 2. The van der Waals surface area contributed by atoms with Gasteiger partial charge in [0.25, 0.3) is 11.5 Å². The quantitative estimate of drug-likeness (QED) is 0.642. The normalized spacial score (nSPS) is 14.4. The maximum Gasteiger partial charge on any atom is 0.338 e. The van der Waals surface area contributed by atoms with Crippen LogP contribution in [0.4, 0.5) is 0 Å². The predicted molar refractivity (Wildman–Crippen MR) is 117 cm³/mol. The minimum Gasteiger partial charge on any atom is -0.449 e. The minimum atomic E-state index is -0.947. The summed E-state index contributed by atoms with van der Waals surface area (Å²) in [4.78, 5) is 42.3. The summed E-state index contributed by atoms with van der Waals surface area (Å²) in [7, 11) is 0. The van der Waals surface area contributed by atoms with E-state index < -0.39 is 12.1 Å². The number of nitrogens with zero attached hydrogens (tertiary/aromatic N) is 2. The third-order valence-electron chi connectivity index (χ3n) is 5.51. The van der Waals surface area contributed by atoms with E-state index in [4.69, 9.17) is 4.74 Å². The molecular formula is C24H25N3O4. The van der Waals surface area contributed by atoms with Gasteiger partial charge in [0.1, 0.15) is 5.82 Å². The Bertz CT molecular complexity index is 1170. The van der Waals surface area contributed by atoms with Crippen LogP contribution in [0.25, 0.3) is 10.9 Å². The third-order valence-corrected chi connectivity index (χ3v) is 5.51. The van der Waals surface area contributed by atoms with Crippen molar-refractivity contribution in [2.75, 3.05) is 0 Å². The van der Waals surface area contributed by atoms with Crippen LogP contribution in [-0.4, -0.2) is 27.5 Å². The first-order chi connectivity index (χ1) is 15.0. The molecule has 1 atom stereocenters. The fourth-order valence-electron chi connectivity index (χ4n) is 3.76. The number of benzene rings is 2. The second-order valence-electron chi connectivity index (χ2n) is 7.78. The lowest BCUT2D eigenvalue weighted by Gasteiger charge is -2.14. The number of hydrogen-bond acceptors (Lipinski definition) is 5. The molecule has 160 valence electrons. The van der Waals surface area contributed by atoms with Gasteiger partial charge in [0.2, 0.25) is 0 Å². The summed E-state index contributed by atoms with van der Waals surface area (Å²) >= 11 is 0. The molecule has 0 radical (unpaired) electrons. The highest BCUT2D eigenvalue weighted by Crippen LogP contribution is 2.17. The van der Waals surface area contributed by atoms with Gasteiger partial charge in [-0.15, -0.1) is 0 Å². The molecule has 3 aromatic rings. The van der Waals surface area contributed by atoms with Crippen LogP contribution in [0.5, 0.6) is 0 Å². The largest absolute Gasteiger partial charge is 0.449 e. The van der Waals surface area contributed by atoms with Crippen LogP contribution >= 0.6 is 0 Å². The Morgan fingerprint density at radius 2 is 1.94 bits per heavy atom. The van der Waals surface area contributed by atoms with E-state index in [1.165, 1.54) is 6.92 Å². The first-order valence-corrected chi connectivity index (χ1v) is 10.6. The summed E-state index contributed by atoms with van der Waals surface area (Å²) in [6.07, 6.45) is 2.83. The lowest BCUT2D eigenvalue weighted by atomic mass is 10.1. The summed E-state index contributed by atoms with van der Waals surface area (Å²) in [6.45, 7) is 2.57. The molecule has 0 saturated heterocycles. The summed E-state index contributed by atoms with van der Waals surface area (Å²) in [5, 5.41) is 3.24. The number of hydrogen-bond donors (Lipinski definition) is 1. The van der Waals surface area contributed by atoms with Crippen LogP contribution in [0, 0.1) is 0 Å². The molecule has 7 nitrogen and oxygen atoms in total. The molecule has 1 aromatic heterocycles. The van der Waals surface area contributed by atoms with Crippen LogP contribution in [0.1, 0.15) is 47.9 Å². The summed E-state index contributed by atoms with van der Waals surface area (Å²) in [5.74, 6) is -0.241. The smallest absolute Gasteiger partial charge is 0.338 e. The molecule has 1 N–H and O–H groups in total. The van der Waals surface area contributed by atoms with Crippen LogP contribution in [-0.2, 0) is 29.0 Å². The fourth-order valence-corrected chi connectivity index (χ4v) is 3.76. The van der Waals surface area contributed by atoms with Crippen molar-refractivity contribution in [1.82, 2.24) is 14.9 Å². The van der Waals surface area contributed by atoms with E-state index >= 15 is 0 Å². The second kappa shape index (κ2) is 9.12. The Morgan fingerprint density at radius 3 is 2.74 bits per heavy atom. The highest BCUT2D eigenvalue weighted by molar-refractivity contribution is 5.95. The topological polar surface area (TPSA) is 90.3 Å². The molecule has 1 aliphatic rings. The van der Waals surface area contributed by atoms with Gasteiger partial charge in [0.15, 0.2) is 6.10 Å². The standard InChI is InChI=1S/C24H25N3O4/c1-16(22(28)25-15-17-8-4-2-5-9-17)31-24(30)18-11-12-19-20(14-18)26-21-10-6-3-7-13-27(21)23(19)29/h2,4-5,8-9,11-12,14,16H,3,6-7,10,13,15H2,1H3,(H,25,28)/t16-/m1/s1. The fraction of sp³-hybridized carbons (Fsp3) is 0.333. The maximum atomic E-state index is 12.8. The molecule has 0 bridgehead atoms. The number of nitrogens with one attached hydrogen (secondary N) is 1. The van der Waals surface area contributed by atoms with E-state index in [0.717, 1.165) is 37.1 Å². The molecule has 0 saturated carbocycles. The monoisotopic (exact) mass is 419 g/mol. The Labute approximate surface area is 180 Å². The number of amides is 1. The average molecular weight is 419 g/mol. The van der Waals surface area contributed by atoms with Gasteiger partial charge in [-0.25, -0.2) is 9.78 Å². The Hall–Kier alpha value is -3.48. The number of carbonyl (C=O) groups excluding carboxylic acids is 2. The Morgan fingerprint density at radius 1 is 1.13 bits per heavy atom. The number of rotatable bonds is 5. The van der Waals surface area contributed by atoms with Gasteiger partial charge in [0, 0.05) is 19.5 Å². The molecule has 1 aliphatic heterocycles. The minimum absolute atomic E-state index is 0.0736. The van der Waals surface area contributed by atoms with Crippen molar-refractivity contribution in [1.29, 1.82) is 0 Å². The highest BCUT2D eigenvalue weighted by Gasteiger charge is 2.20. The highest BCUT2D eigenvalue weighted by atomic mass is 16.5. The Balaban J connectivity index is 1.47. The molecule has 0 fully saturated rings. The molecule has 2 heterocycles. The lowest BCUT2D eigenvalue weighted by molar-refractivity contribution is -0.129. The average Bonchev–Trinajstić information content (AvgIpc) is 3.03. The summed E-state index contributed by atoms with van der Waals surface area (Å²) in [5.41, 5.74) is 1.63. The second-order valence-corrected chi connectivity index (χ2v) is 7.78. The van der Waals surface area contributed by atoms with E-state index in [-0.39, 0.29) is 17.0 Å². The van der Waals surface area contributed by atoms with Crippen molar-refractivity contribution in [2.45, 2.75) is 51.8 Å². The molecule has 1 amide bonds. The van der Waals surface area contributed by atoms with Gasteiger partial charge >= 0.3 is 5.97 Å². The first-order valence-electron chi connectivity index (χ1n) is 10.6. The molecule has 4 rings (SSSR count). The molecule has 31 heavy (non-hydrogen) atoms. The summed E-state index contributed by atoms with van der Waals surface area (Å²) < 4.78 is 7.08. The number of fused-ring (bicyclic) bond motifs is 2. The van der Waals surface area contributed by atoms with Crippen molar-refractivity contribution in [3.05, 3.63) is 75.8 Å². The van der Waals surface area contributed by atoms with E-state index in [1.807, 2.05) is 30.3 Å². The van der Waals surface area contributed by atoms with Crippen molar-refractivity contribution in [3.8, 4) is 0 Å². The number of esters is 1. The molecule has 0 spiro atoms. The van der Waals surface area contributed by atoms with E-state index in [0.29, 0.717) is 24.0 Å². The van der Waals surface area contributed by atoms with Crippen LogP contribution in [0.2, 0.25) is 0 Å². The zero-order valence-corrected chi connectivity index (χ0v) is 17.5. The van der Waals surface area contributed by atoms with Gasteiger partial charge < -0.3 is 10.1 Å². The maximum absolute atomic E-state index is 12.8. The molecule has 0 aliphatic carbocycles. The van der Waals surface area contributed by atoms with Crippen LogP contribution in [0.15, 0.2) is 53.3 Å². The number of ether oxygens (including phenoxy) is 1. The van der Waals surface area contributed by atoms with Crippen molar-refractivity contribution in [2.24, 2.45) is 0 Å². The molecule has 0 unspecified atom stereocenters. The Kier molecular flexibility index (Phi) is 6.11. The zero-order chi connectivity index (χ0) is 21.8. The van der Waals surface area contributed by atoms with Crippen molar-refractivity contribution >= 4 is 22.8 Å². The van der Waals surface area contributed by atoms with E-state index in [1.54, 1.807) is 22.8 Å². The molecular weight excluding hydrogens is 394 g/mol. The van der Waals surface area contributed by atoms with E-state index in [9.17, 15) is 14.4 Å². The van der Waals surface area contributed by atoms with E-state index in [2.05, 4.69) is 10.3 Å². The van der Waals surface area contributed by atoms with Crippen LogP contribution < -0.4 is 10.9 Å². The predicted octanol–water partition coefficient (Wildman–Crippen LogP) is 2.98. The SMILES string of the molecule is C[C@@H](OC(=O)c1ccc2c(=O)n3c(nc2c1)CCCCC3)C(=O)NCc1ccccc1. The lowest BCUT2D eigenvalue weighted by Crippen LogP contribution is -2.35. The van der Waals surface area contributed by atoms with Gasteiger partial charge in [-0.2, -0.15) is 0 Å². The van der Waals surface area contributed by atoms with Gasteiger partial charge in [-0.05, 0) is 43.5 Å². The first kappa shape index (κ1) is 20.8. The summed E-state index contributed by atoms with van der Waals surface area (Å²) in [6, 6.07) is 14.2. The zero-order valence-electron chi connectivity index (χ0n) is 17.5. The number of aromatic nitrogens is 2. The van der Waals surface area contributed by atoms with Gasteiger partial charge in [-0.3, -0.25) is 14.2 Å². The third kappa shape index (κ3) is 4.66. The van der Waals surface area contributed by atoms with Gasteiger partial charge in [-0.1, -0.05) is 36.8 Å². The van der Waals surface area contributed by atoms with Crippen molar-refractivity contribution in [3.63, 3.8) is 0 Å². The molecule has 2 aromatic carbocycles.